The number of hydrogen-bond acceptors (Lipinski definition) is 4. The smallest absolute Gasteiger partial charge is 0.413 e. The van der Waals surface area contributed by atoms with Crippen molar-refractivity contribution >= 4 is 11.9 Å². The molecule has 1 saturated carbocycles. The maximum atomic E-state index is 11.9. The molecule has 1 heterocycles. The second-order valence-corrected chi connectivity index (χ2v) is 6.38. The highest BCUT2D eigenvalue weighted by Crippen LogP contribution is 2.31. The van der Waals surface area contributed by atoms with Crippen molar-refractivity contribution in [2.75, 3.05) is 5.32 Å². The Kier molecular flexibility index (Phi) is 4.51. The molecular formula is C15H22N4O2. The van der Waals surface area contributed by atoms with Crippen LogP contribution in [0.15, 0.2) is 6.20 Å². The lowest BCUT2D eigenvalue weighted by atomic mass is 9.95. The average molecular weight is 290 g/mol. The van der Waals surface area contributed by atoms with Gasteiger partial charge in [0.2, 0.25) is 0 Å². The summed E-state index contributed by atoms with van der Waals surface area (Å²) in [4.78, 5) is 11.9. The minimum absolute atomic E-state index is 0.241. The first-order valence-corrected chi connectivity index (χ1v) is 7.38. The first kappa shape index (κ1) is 15.4. The van der Waals surface area contributed by atoms with Crippen LogP contribution < -0.4 is 5.32 Å². The standard InChI is InChI=1S/C15H22N4O2/c1-15(2,3)21-14(20)18-13-11(9-16)10-17-19(13)12-7-5-4-6-8-12/h10,12H,4-8H2,1-3H3,(H,18,20). The lowest BCUT2D eigenvalue weighted by Crippen LogP contribution is -2.29. The molecule has 0 aliphatic heterocycles. The molecule has 114 valence electrons. The Morgan fingerprint density at radius 3 is 2.67 bits per heavy atom. The molecule has 6 heteroatoms. The number of aromatic nitrogens is 2. The minimum Gasteiger partial charge on any atom is -0.444 e. The van der Waals surface area contributed by atoms with Crippen molar-refractivity contribution in [3.05, 3.63) is 11.8 Å². The van der Waals surface area contributed by atoms with E-state index >= 15 is 0 Å². The zero-order valence-electron chi connectivity index (χ0n) is 12.8. The van der Waals surface area contributed by atoms with E-state index in [-0.39, 0.29) is 6.04 Å². The van der Waals surface area contributed by atoms with Crippen LogP contribution in [-0.4, -0.2) is 21.5 Å². The molecule has 1 aromatic rings. The summed E-state index contributed by atoms with van der Waals surface area (Å²) in [6, 6.07) is 2.31. The summed E-state index contributed by atoms with van der Waals surface area (Å²) in [6.07, 6.45) is 6.53. The number of nitriles is 1. The molecule has 0 saturated heterocycles. The largest absolute Gasteiger partial charge is 0.444 e. The van der Waals surface area contributed by atoms with Gasteiger partial charge in [0.1, 0.15) is 17.2 Å². The van der Waals surface area contributed by atoms with Gasteiger partial charge in [0, 0.05) is 0 Å². The summed E-state index contributed by atoms with van der Waals surface area (Å²) in [5, 5.41) is 16.1. The fourth-order valence-electron chi connectivity index (χ4n) is 2.57. The van der Waals surface area contributed by atoms with Crippen LogP contribution in [0.2, 0.25) is 0 Å². The number of rotatable bonds is 2. The van der Waals surface area contributed by atoms with Gasteiger partial charge in [-0.1, -0.05) is 19.3 Å². The first-order chi connectivity index (χ1) is 9.90. The second kappa shape index (κ2) is 6.17. The number of nitrogens with zero attached hydrogens (tertiary/aromatic N) is 3. The van der Waals surface area contributed by atoms with Gasteiger partial charge in [0.25, 0.3) is 0 Å². The molecule has 6 nitrogen and oxygen atoms in total. The van der Waals surface area contributed by atoms with Crippen molar-refractivity contribution < 1.29 is 9.53 Å². The van der Waals surface area contributed by atoms with Crippen molar-refractivity contribution in [1.82, 2.24) is 9.78 Å². The van der Waals surface area contributed by atoms with Gasteiger partial charge in [0.15, 0.2) is 5.82 Å². The van der Waals surface area contributed by atoms with Crippen LogP contribution in [0.4, 0.5) is 10.6 Å². The van der Waals surface area contributed by atoms with Crippen LogP contribution in [-0.2, 0) is 4.74 Å². The van der Waals surface area contributed by atoms with Gasteiger partial charge in [-0.15, -0.1) is 0 Å². The summed E-state index contributed by atoms with van der Waals surface area (Å²) >= 11 is 0. The van der Waals surface area contributed by atoms with E-state index in [4.69, 9.17) is 4.74 Å². The normalized spacial score (nSPS) is 16.3. The molecule has 2 rings (SSSR count). The molecule has 0 aromatic carbocycles. The van der Waals surface area contributed by atoms with E-state index in [0.29, 0.717) is 11.4 Å². The Labute approximate surface area is 125 Å². The molecule has 0 bridgehead atoms. The molecule has 0 radical (unpaired) electrons. The predicted molar refractivity (Wildman–Crippen MR) is 78.9 cm³/mol. The van der Waals surface area contributed by atoms with Crippen LogP contribution >= 0.6 is 0 Å². The van der Waals surface area contributed by atoms with Gasteiger partial charge in [-0.05, 0) is 33.6 Å². The number of ether oxygens (including phenoxy) is 1. The molecule has 0 spiro atoms. The molecular weight excluding hydrogens is 268 g/mol. The topological polar surface area (TPSA) is 79.9 Å². The molecule has 1 N–H and O–H groups in total. The molecule has 1 aromatic heterocycles. The summed E-state index contributed by atoms with van der Waals surface area (Å²) in [6.45, 7) is 5.41. The van der Waals surface area contributed by atoms with Gasteiger partial charge in [0.05, 0.1) is 12.2 Å². The van der Waals surface area contributed by atoms with Gasteiger partial charge in [-0.2, -0.15) is 10.4 Å². The monoisotopic (exact) mass is 290 g/mol. The van der Waals surface area contributed by atoms with Crippen LogP contribution in [0.25, 0.3) is 0 Å². The Morgan fingerprint density at radius 2 is 2.10 bits per heavy atom. The maximum absolute atomic E-state index is 11.9. The summed E-state index contributed by atoms with van der Waals surface area (Å²) in [5.74, 6) is 0.443. The second-order valence-electron chi connectivity index (χ2n) is 6.38. The van der Waals surface area contributed by atoms with Crippen LogP contribution in [0.5, 0.6) is 0 Å². The number of carbonyl (C=O) groups excluding carboxylic acids is 1. The Bertz CT molecular complexity index is 545. The molecule has 21 heavy (non-hydrogen) atoms. The fraction of sp³-hybridized carbons (Fsp3) is 0.667. The molecule has 0 unspecified atom stereocenters. The number of anilines is 1. The SMILES string of the molecule is CC(C)(C)OC(=O)Nc1c(C#N)cnn1C1CCCCC1. The maximum Gasteiger partial charge on any atom is 0.413 e. The van der Waals surface area contributed by atoms with E-state index in [1.54, 1.807) is 25.5 Å². The van der Waals surface area contributed by atoms with E-state index in [2.05, 4.69) is 16.5 Å². The number of amides is 1. The van der Waals surface area contributed by atoms with E-state index in [9.17, 15) is 10.1 Å². The number of hydrogen-bond donors (Lipinski definition) is 1. The Hall–Kier alpha value is -2.03. The Balaban J connectivity index is 2.19. The third kappa shape index (κ3) is 3.97. The summed E-state index contributed by atoms with van der Waals surface area (Å²) in [5.41, 5.74) is -0.210. The third-order valence-corrected chi connectivity index (χ3v) is 3.46. The fourth-order valence-corrected chi connectivity index (χ4v) is 2.57. The van der Waals surface area contributed by atoms with E-state index in [0.717, 1.165) is 25.7 Å². The van der Waals surface area contributed by atoms with Gasteiger partial charge >= 0.3 is 6.09 Å². The average Bonchev–Trinajstić information content (AvgIpc) is 2.80. The van der Waals surface area contributed by atoms with Crippen molar-refractivity contribution in [1.29, 1.82) is 5.26 Å². The predicted octanol–water partition coefficient (Wildman–Crippen LogP) is 3.61. The van der Waals surface area contributed by atoms with Crippen LogP contribution in [0.3, 0.4) is 0 Å². The zero-order valence-corrected chi connectivity index (χ0v) is 12.8. The van der Waals surface area contributed by atoms with E-state index in [1.807, 2.05) is 0 Å². The number of nitrogens with one attached hydrogen (secondary N) is 1. The van der Waals surface area contributed by atoms with Crippen molar-refractivity contribution in [2.24, 2.45) is 0 Å². The minimum atomic E-state index is -0.577. The first-order valence-electron chi connectivity index (χ1n) is 7.38. The van der Waals surface area contributed by atoms with Crippen LogP contribution in [0, 0.1) is 11.3 Å². The third-order valence-electron chi connectivity index (χ3n) is 3.46. The highest BCUT2D eigenvalue weighted by molar-refractivity contribution is 5.85. The Morgan fingerprint density at radius 1 is 1.43 bits per heavy atom. The summed E-state index contributed by atoms with van der Waals surface area (Å²) in [7, 11) is 0. The molecule has 1 fully saturated rings. The summed E-state index contributed by atoms with van der Waals surface area (Å²) < 4.78 is 7.02. The zero-order chi connectivity index (χ0) is 15.5. The lowest BCUT2D eigenvalue weighted by Gasteiger charge is -2.25. The van der Waals surface area contributed by atoms with E-state index < -0.39 is 11.7 Å². The lowest BCUT2D eigenvalue weighted by molar-refractivity contribution is 0.0634. The van der Waals surface area contributed by atoms with Crippen LogP contribution in [0.1, 0.15) is 64.5 Å². The molecule has 1 aliphatic rings. The highest BCUT2D eigenvalue weighted by Gasteiger charge is 2.24. The van der Waals surface area contributed by atoms with Crippen molar-refractivity contribution in [2.45, 2.75) is 64.5 Å². The van der Waals surface area contributed by atoms with Crippen molar-refractivity contribution in [3.63, 3.8) is 0 Å². The molecule has 1 amide bonds. The molecule has 1 aliphatic carbocycles. The van der Waals surface area contributed by atoms with Gasteiger partial charge in [-0.25, -0.2) is 9.48 Å². The van der Waals surface area contributed by atoms with Gasteiger partial charge in [-0.3, -0.25) is 5.32 Å². The van der Waals surface area contributed by atoms with Gasteiger partial charge < -0.3 is 4.74 Å². The quantitative estimate of drug-likeness (QED) is 0.902. The van der Waals surface area contributed by atoms with Crippen molar-refractivity contribution in [3.8, 4) is 6.07 Å². The highest BCUT2D eigenvalue weighted by atomic mass is 16.6. The number of carbonyl (C=O) groups is 1. The van der Waals surface area contributed by atoms with E-state index in [1.165, 1.54) is 12.6 Å². The molecule has 0 atom stereocenters.